The Bertz CT molecular complexity index is 462. The summed E-state index contributed by atoms with van der Waals surface area (Å²) in [7, 11) is 0. The van der Waals surface area contributed by atoms with Gasteiger partial charge in [0.2, 0.25) is 5.91 Å². The van der Waals surface area contributed by atoms with Crippen molar-refractivity contribution < 1.29 is 18.0 Å². The normalized spacial score (nSPS) is 12.6. The van der Waals surface area contributed by atoms with Gasteiger partial charge in [0.05, 0.1) is 6.07 Å². The Balaban J connectivity index is 2.64. The monoisotopic (exact) mass is 257 g/mol. The molecule has 0 fully saturated rings. The van der Waals surface area contributed by atoms with Crippen molar-refractivity contribution in [3.63, 3.8) is 0 Å². The molecule has 4 nitrogen and oxygen atoms in total. The van der Waals surface area contributed by atoms with E-state index in [2.05, 4.69) is 5.32 Å². The average Bonchev–Trinajstić information content (AvgIpc) is 2.28. The predicted octanol–water partition coefficient (Wildman–Crippen LogP) is 1.90. The molecule has 7 heteroatoms. The number of rotatable bonds is 4. The first-order chi connectivity index (χ1) is 8.34. The third kappa shape index (κ3) is 3.66. The molecule has 0 radical (unpaired) electrons. The maximum absolute atomic E-state index is 12.3. The van der Waals surface area contributed by atoms with Crippen LogP contribution in [0.15, 0.2) is 24.3 Å². The van der Waals surface area contributed by atoms with Gasteiger partial charge in [-0.25, -0.2) is 0 Å². The summed E-state index contributed by atoms with van der Waals surface area (Å²) in [5.41, 5.74) is 5.65. The summed E-state index contributed by atoms with van der Waals surface area (Å²) in [6.07, 6.45) is -4.56. The van der Waals surface area contributed by atoms with Gasteiger partial charge in [-0.05, 0) is 24.3 Å². The number of nitrogens with zero attached hydrogens (tertiary/aromatic N) is 1. The SMILES string of the molecule is N#CC(CNc1ccc(C(N)=O)cc1)C(F)(F)F. The second-order valence-electron chi connectivity index (χ2n) is 3.55. The van der Waals surface area contributed by atoms with Crippen molar-refractivity contribution in [2.45, 2.75) is 6.18 Å². The van der Waals surface area contributed by atoms with Gasteiger partial charge < -0.3 is 11.1 Å². The van der Waals surface area contributed by atoms with Crippen molar-refractivity contribution in [2.24, 2.45) is 11.7 Å². The molecule has 0 bridgehead atoms. The predicted molar refractivity (Wildman–Crippen MR) is 58.6 cm³/mol. The summed E-state index contributed by atoms with van der Waals surface area (Å²) in [5.74, 6) is -2.69. The zero-order valence-electron chi connectivity index (χ0n) is 9.16. The van der Waals surface area contributed by atoms with Crippen molar-refractivity contribution >= 4 is 11.6 Å². The van der Waals surface area contributed by atoms with Crippen molar-refractivity contribution in [3.05, 3.63) is 29.8 Å². The first-order valence-corrected chi connectivity index (χ1v) is 4.94. The number of amides is 1. The van der Waals surface area contributed by atoms with Crippen LogP contribution in [0.4, 0.5) is 18.9 Å². The molecule has 1 aromatic rings. The van der Waals surface area contributed by atoms with Gasteiger partial charge in [-0.3, -0.25) is 4.79 Å². The fraction of sp³-hybridized carbons (Fsp3) is 0.273. The minimum absolute atomic E-state index is 0.258. The van der Waals surface area contributed by atoms with E-state index in [-0.39, 0.29) is 5.56 Å². The average molecular weight is 257 g/mol. The maximum Gasteiger partial charge on any atom is 0.406 e. The number of hydrogen-bond acceptors (Lipinski definition) is 3. The van der Waals surface area contributed by atoms with E-state index in [9.17, 15) is 18.0 Å². The number of nitrogens with one attached hydrogen (secondary N) is 1. The van der Waals surface area contributed by atoms with Crippen molar-refractivity contribution in [2.75, 3.05) is 11.9 Å². The molecule has 1 atom stereocenters. The van der Waals surface area contributed by atoms with E-state index < -0.39 is 24.5 Å². The van der Waals surface area contributed by atoms with Crippen LogP contribution in [0.5, 0.6) is 0 Å². The fourth-order valence-electron chi connectivity index (χ4n) is 1.21. The number of alkyl halides is 3. The summed E-state index contributed by atoms with van der Waals surface area (Å²) in [6, 6.07) is 6.80. The van der Waals surface area contributed by atoms with Crippen LogP contribution < -0.4 is 11.1 Å². The molecular formula is C11H10F3N3O. The number of carbonyl (C=O) groups excluding carboxylic acids is 1. The number of halogens is 3. The van der Waals surface area contributed by atoms with Gasteiger partial charge in [0.25, 0.3) is 0 Å². The molecule has 0 aliphatic carbocycles. The van der Waals surface area contributed by atoms with E-state index in [1.165, 1.54) is 30.3 Å². The van der Waals surface area contributed by atoms with E-state index >= 15 is 0 Å². The van der Waals surface area contributed by atoms with Crippen molar-refractivity contribution in [1.82, 2.24) is 0 Å². The van der Waals surface area contributed by atoms with E-state index in [1.807, 2.05) is 0 Å². The number of nitriles is 1. The quantitative estimate of drug-likeness (QED) is 0.864. The molecule has 0 saturated carbocycles. The highest BCUT2D eigenvalue weighted by Crippen LogP contribution is 2.25. The molecule has 18 heavy (non-hydrogen) atoms. The van der Waals surface area contributed by atoms with Crippen LogP contribution in [0.2, 0.25) is 0 Å². The van der Waals surface area contributed by atoms with Crippen LogP contribution >= 0.6 is 0 Å². The third-order valence-electron chi connectivity index (χ3n) is 2.23. The minimum Gasteiger partial charge on any atom is -0.383 e. The van der Waals surface area contributed by atoms with Crippen LogP contribution in [-0.2, 0) is 0 Å². The maximum atomic E-state index is 12.3. The standard InChI is InChI=1S/C11H10F3N3O/c12-11(13,14)8(5-15)6-17-9-3-1-7(2-4-9)10(16)18/h1-4,8,17H,6H2,(H2,16,18). The second kappa shape index (κ2) is 5.40. The molecule has 0 spiro atoms. The van der Waals surface area contributed by atoms with Crippen molar-refractivity contribution in [1.29, 1.82) is 5.26 Å². The number of anilines is 1. The number of hydrogen-bond donors (Lipinski definition) is 2. The lowest BCUT2D eigenvalue weighted by atomic mass is 10.1. The Morgan fingerprint density at radius 2 is 1.94 bits per heavy atom. The number of nitrogens with two attached hydrogens (primary N) is 1. The number of carbonyl (C=O) groups is 1. The third-order valence-corrected chi connectivity index (χ3v) is 2.23. The van der Waals surface area contributed by atoms with Gasteiger partial charge in [-0.2, -0.15) is 18.4 Å². The molecule has 0 saturated heterocycles. The minimum atomic E-state index is -4.56. The fourth-order valence-corrected chi connectivity index (χ4v) is 1.21. The van der Waals surface area contributed by atoms with Crippen LogP contribution in [0.3, 0.4) is 0 Å². The van der Waals surface area contributed by atoms with Gasteiger partial charge in [0, 0.05) is 17.8 Å². The lowest BCUT2D eigenvalue weighted by Crippen LogP contribution is -2.28. The molecule has 0 heterocycles. The zero-order chi connectivity index (χ0) is 13.8. The Morgan fingerprint density at radius 1 is 1.39 bits per heavy atom. The molecule has 3 N–H and O–H groups in total. The highest BCUT2D eigenvalue weighted by molar-refractivity contribution is 5.93. The lowest BCUT2D eigenvalue weighted by Gasteiger charge is -2.14. The van der Waals surface area contributed by atoms with Gasteiger partial charge in [0.15, 0.2) is 5.92 Å². The Morgan fingerprint density at radius 3 is 2.33 bits per heavy atom. The summed E-state index contributed by atoms with van der Waals surface area (Å²) < 4.78 is 36.8. The first-order valence-electron chi connectivity index (χ1n) is 4.94. The molecule has 96 valence electrons. The molecule has 1 unspecified atom stereocenters. The number of primary amides is 1. The Hall–Kier alpha value is -2.23. The zero-order valence-corrected chi connectivity index (χ0v) is 9.16. The van der Waals surface area contributed by atoms with E-state index in [0.717, 1.165) is 0 Å². The topological polar surface area (TPSA) is 78.9 Å². The summed E-state index contributed by atoms with van der Waals surface area (Å²) in [4.78, 5) is 10.8. The van der Waals surface area contributed by atoms with E-state index in [0.29, 0.717) is 5.69 Å². The highest BCUT2D eigenvalue weighted by Gasteiger charge is 2.39. The van der Waals surface area contributed by atoms with Crippen molar-refractivity contribution in [3.8, 4) is 6.07 Å². The Kier molecular flexibility index (Phi) is 4.15. The molecule has 1 rings (SSSR count). The highest BCUT2D eigenvalue weighted by atomic mass is 19.4. The van der Waals surface area contributed by atoms with Gasteiger partial charge in [-0.15, -0.1) is 0 Å². The lowest BCUT2D eigenvalue weighted by molar-refractivity contribution is -0.155. The summed E-state index contributed by atoms with van der Waals surface area (Å²) in [6.45, 7) is -0.546. The molecule has 1 aromatic carbocycles. The molecule has 0 aliphatic rings. The number of benzene rings is 1. The Labute approximate surface area is 101 Å². The largest absolute Gasteiger partial charge is 0.406 e. The second-order valence-corrected chi connectivity index (χ2v) is 3.55. The smallest absolute Gasteiger partial charge is 0.383 e. The summed E-state index contributed by atoms with van der Waals surface area (Å²) >= 11 is 0. The molecule has 0 aromatic heterocycles. The van der Waals surface area contributed by atoms with Gasteiger partial charge in [-0.1, -0.05) is 0 Å². The van der Waals surface area contributed by atoms with Gasteiger partial charge in [0.1, 0.15) is 0 Å². The first kappa shape index (κ1) is 13.8. The molecule has 1 amide bonds. The van der Waals surface area contributed by atoms with Gasteiger partial charge >= 0.3 is 6.18 Å². The summed E-state index contributed by atoms with van der Waals surface area (Å²) in [5, 5.41) is 10.9. The van der Waals surface area contributed by atoms with Crippen LogP contribution in [0.1, 0.15) is 10.4 Å². The molecule has 0 aliphatic heterocycles. The van der Waals surface area contributed by atoms with E-state index in [1.54, 1.807) is 0 Å². The van der Waals surface area contributed by atoms with E-state index in [4.69, 9.17) is 11.0 Å². The van der Waals surface area contributed by atoms with Crippen LogP contribution in [0, 0.1) is 17.2 Å². The van der Waals surface area contributed by atoms with Crippen LogP contribution in [-0.4, -0.2) is 18.6 Å². The van der Waals surface area contributed by atoms with Crippen LogP contribution in [0.25, 0.3) is 0 Å². The molecular weight excluding hydrogens is 247 g/mol.